The molecule has 5 heteroatoms. The smallest absolute Gasteiger partial charge is 0.341 e. The molecule has 0 bridgehead atoms. The van der Waals surface area contributed by atoms with E-state index in [0.717, 1.165) is 0 Å². The van der Waals surface area contributed by atoms with E-state index in [2.05, 4.69) is 0 Å². The van der Waals surface area contributed by atoms with Crippen molar-refractivity contribution in [2.75, 3.05) is 0 Å². The van der Waals surface area contributed by atoms with Gasteiger partial charge in [0.1, 0.15) is 11.2 Å². The van der Waals surface area contributed by atoms with Crippen LogP contribution in [0.5, 0.6) is 0 Å². The first kappa shape index (κ1) is 14.2. The zero-order valence-electron chi connectivity index (χ0n) is 11.6. The molecular weight excluding hydrogens is 260 g/mol. The molecule has 0 N–H and O–H groups in total. The van der Waals surface area contributed by atoms with Crippen LogP contribution in [0.3, 0.4) is 0 Å². The molecule has 1 aromatic rings. The van der Waals surface area contributed by atoms with Crippen molar-refractivity contribution in [2.45, 2.75) is 27.1 Å². The molecule has 1 saturated heterocycles. The monoisotopic (exact) mass is 276 g/mol. The van der Waals surface area contributed by atoms with Gasteiger partial charge in [0.25, 0.3) is 6.29 Å². The van der Waals surface area contributed by atoms with Crippen molar-refractivity contribution < 1.29 is 23.9 Å². The molecule has 1 aliphatic heterocycles. The van der Waals surface area contributed by atoms with E-state index in [4.69, 9.17) is 9.47 Å². The molecule has 1 aliphatic rings. The van der Waals surface area contributed by atoms with Gasteiger partial charge in [0, 0.05) is 0 Å². The van der Waals surface area contributed by atoms with E-state index in [1.165, 1.54) is 13.8 Å². The first-order valence-corrected chi connectivity index (χ1v) is 6.35. The summed E-state index contributed by atoms with van der Waals surface area (Å²) < 4.78 is 10.2. The lowest BCUT2D eigenvalue weighted by molar-refractivity contribution is -0.160. The highest BCUT2D eigenvalue weighted by Crippen LogP contribution is 2.40. The third-order valence-corrected chi connectivity index (χ3v) is 3.93. The van der Waals surface area contributed by atoms with Crippen LogP contribution in [0.2, 0.25) is 0 Å². The number of Topliss-reactive ketones (excluding diaryl/α,β-unsaturated/α-hetero) is 1. The number of benzene rings is 1. The fourth-order valence-electron chi connectivity index (χ4n) is 2.13. The number of ketones is 1. The number of ether oxygens (including phenoxy) is 2. The van der Waals surface area contributed by atoms with Crippen LogP contribution < -0.4 is 0 Å². The average molecular weight is 276 g/mol. The fraction of sp³-hybridized carbons (Fsp3) is 0.400. The molecule has 3 atom stereocenters. The highest BCUT2D eigenvalue weighted by Gasteiger charge is 2.56. The van der Waals surface area contributed by atoms with Crippen molar-refractivity contribution in [3.63, 3.8) is 0 Å². The molecule has 0 saturated carbocycles. The Hall–Kier alpha value is -2.17. The first-order valence-electron chi connectivity index (χ1n) is 6.35. The van der Waals surface area contributed by atoms with E-state index in [0.29, 0.717) is 5.56 Å². The predicted octanol–water partition coefficient (Wildman–Crippen LogP) is 1.96. The predicted molar refractivity (Wildman–Crippen MR) is 69.7 cm³/mol. The topological polar surface area (TPSA) is 69.7 Å². The molecule has 0 aliphatic carbocycles. The van der Waals surface area contributed by atoms with Gasteiger partial charge in [-0.25, -0.2) is 4.79 Å². The summed E-state index contributed by atoms with van der Waals surface area (Å²) in [5, 5.41) is 0. The van der Waals surface area contributed by atoms with Crippen molar-refractivity contribution in [1.29, 1.82) is 0 Å². The van der Waals surface area contributed by atoms with Crippen molar-refractivity contribution in [1.82, 2.24) is 0 Å². The summed E-state index contributed by atoms with van der Waals surface area (Å²) in [7, 11) is 0. The number of cyclic esters (lactones) is 1. The van der Waals surface area contributed by atoms with E-state index in [1.807, 2.05) is 0 Å². The third kappa shape index (κ3) is 2.19. The summed E-state index contributed by atoms with van der Waals surface area (Å²) in [6.45, 7) is 4.51. The maximum atomic E-state index is 11.9. The Balaban J connectivity index is 2.15. The second kappa shape index (κ2) is 5.07. The van der Waals surface area contributed by atoms with E-state index in [9.17, 15) is 14.4 Å². The van der Waals surface area contributed by atoms with Gasteiger partial charge in [-0.2, -0.15) is 0 Å². The van der Waals surface area contributed by atoms with Gasteiger partial charge in [0.2, 0.25) is 0 Å². The molecule has 1 fully saturated rings. The van der Waals surface area contributed by atoms with Crippen molar-refractivity contribution in [3.05, 3.63) is 35.9 Å². The SMILES string of the molecule is CC(=O)[C@]1(C)C(=O)O[C@@H](OC(=O)c2ccccc2)[C@H]1C. The van der Waals surface area contributed by atoms with E-state index >= 15 is 0 Å². The minimum Gasteiger partial charge on any atom is -0.424 e. The van der Waals surface area contributed by atoms with E-state index in [1.54, 1.807) is 37.3 Å². The highest BCUT2D eigenvalue weighted by atomic mass is 16.7. The third-order valence-electron chi connectivity index (χ3n) is 3.93. The average Bonchev–Trinajstić information content (AvgIpc) is 2.65. The Morgan fingerprint density at radius 1 is 1.25 bits per heavy atom. The number of hydrogen-bond acceptors (Lipinski definition) is 5. The van der Waals surface area contributed by atoms with Crippen LogP contribution in [0.15, 0.2) is 30.3 Å². The molecule has 106 valence electrons. The van der Waals surface area contributed by atoms with E-state index < -0.39 is 29.6 Å². The van der Waals surface area contributed by atoms with Crippen molar-refractivity contribution >= 4 is 17.7 Å². The molecule has 0 amide bonds. The molecule has 20 heavy (non-hydrogen) atoms. The minimum atomic E-state index is -1.26. The zero-order chi connectivity index (χ0) is 14.9. The van der Waals surface area contributed by atoms with Gasteiger partial charge in [0.05, 0.1) is 11.5 Å². The molecule has 2 rings (SSSR count). The summed E-state index contributed by atoms with van der Waals surface area (Å²) in [5.41, 5.74) is -0.895. The lowest BCUT2D eigenvalue weighted by atomic mass is 9.77. The van der Waals surface area contributed by atoms with Crippen LogP contribution in [-0.4, -0.2) is 24.0 Å². The molecule has 0 spiro atoms. The summed E-state index contributed by atoms with van der Waals surface area (Å²) in [6.07, 6.45) is -1.04. The van der Waals surface area contributed by atoms with Gasteiger partial charge in [0.15, 0.2) is 0 Å². The minimum absolute atomic E-state index is 0.298. The molecule has 1 aromatic carbocycles. The zero-order valence-corrected chi connectivity index (χ0v) is 11.6. The standard InChI is InChI=1S/C15H16O5/c1-9-13(20-14(18)15(9,3)10(2)16)19-12(17)11-7-5-4-6-8-11/h4-9,13H,1-3H3/t9-,13-,15-/m1/s1. The Bertz CT molecular complexity index is 551. The Labute approximate surface area is 116 Å². The van der Waals surface area contributed by atoms with Crippen LogP contribution in [0.4, 0.5) is 0 Å². The van der Waals surface area contributed by atoms with Crippen LogP contribution in [0.25, 0.3) is 0 Å². The molecule has 0 aromatic heterocycles. The molecule has 0 radical (unpaired) electrons. The maximum absolute atomic E-state index is 11.9. The summed E-state index contributed by atoms with van der Waals surface area (Å²) in [5.74, 6) is -2.06. The van der Waals surface area contributed by atoms with Gasteiger partial charge in [-0.1, -0.05) is 25.1 Å². The molecule has 1 heterocycles. The van der Waals surface area contributed by atoms with Gasteiger partial charge >= 0.3 is 11.9 Å². The summed E-state index contributed by atoms with van der Waals surface area (Å²) >= 11 is 0. The number of carbonyl (C=O) groups excluding carboxylic acids is 3. The second-order valence-corrected chi connectivity index (χ2v) is 5.09. The number of hydrogen-bond donors (Lipinski definition) is 0. The Morgan fingerprint density at radius 2 is 1.85 bits per heavy atom. The number of esters is 2. The van der Waals surface area contributed by atoms with Crippen LogP contribution >= 0.6 is 0 Å². The van der Waals surface area contributed by atoms with Crippen LogP contribution in [0, 0.1) is 11.3 Å². The molecular formula is C15H16O5. The number of rotatable bonds is 3. The fourth-order valence-corrected chi connectivity index (χ4v) is 2.13. The van der Waals surface area contributed by atoms with Crippen LogP contribution in [-0.2, 0) is 19.1 Å². The highest BCUT2D eigenvalue weighted by molar-refractivity contribution is 6.04. The van der Waals surface area contributed by atoms with Gasteiger partial charge in [-0.3, -0.25) is 9.59 Å². The Kier molecular flexibility index (Phi) is 3.61. The summed E-state index contributed by atoms with van der Waals surface area (Å²) in [4.78, 5) is 35.4. The quantitative estimate of drug-likeness (QED) is 0.623. The Morgan fingerprint density at radius 3 is 2.35 bits per heavy atom. The molecule has 0 unspecified atom stereocenters. The van der Waals surface area contributed by atoms with Crippen molar-refractivity contribution in [2.24, 2.45) is 11.3 Å². The second-order valence-electron chi connectivity index (χ2n) is 5.09. The molecule has 5 nitrogen and oxygen atoms in total. The maximum Gasteiger partial charge on any atom is 0.341 e. The lowest BCUT2D eigenvalue weighted by Crippen LogP contribution is -2.37. The van der Waals surface area contributed by atoms with Gasteiger partial charge in [-0.15, -0.1) is 0 Å². The first-order chi connectivity index (χ1) is 9.37. The van der Waals surface area contributed by atoms with Gasteiger partial charge in [-0.05, 0) is 26.0 Å². The number of carbonyl (C=O) groups is 3. The lowest BCUT2D eigenvalue weighted by Gasteiger charge is -2.22. The normalized spacial score (nSPS) is 28.9. The van der Waals surface area contributed by atoms with Gasteiger partial charge < -0.3 is 9.47 Å². The van der Waals surface area contributed by atoms with Crippen LogP contribution in [0.1, 0.15) is 31.1 Å². The summed E-state index contributed by atoms with van der Waals surface area (Å²) in [6, 6.07) is 8.41. The largest absolute Gasteiger partial charge is 0.424 e. The van der Waals surface area contributed by atoms with E-state index in [-0.39, 0.29) is 5.78 Å². The van der Waals surface area contributed by atoms with Crippen molar-refractivity contribution in [3.8, 4) is 0 Å².